The largest absolute Gasteiger partial charge is 0.310 e. The van der Waals surface area contributed by atoms with Crippen LogP contribution >= 0.6 is 27.5 Å². The van der Waals surface area contributed by atoms with Crippen molar-refractivity contribution in [2.24, 2.45) is 0 Å². The van der Waals surface area contributed by atoms with E-state index in [4.69, 9.17) is 11.6 Å². The first kappa shape index (κ1) is 16.4. The average Bonchev–Trinajstić information content (AvgIpc) is 2.45. The zero-order chi connectivity index (χ0) is 15.4. The Hall–Kier alpha value is -0.970. The highest BCUT2D eigenvalue weighted by atomic mass is 79.9. The van der Waals surface area contributed by atoms with Crippen LogP contribution in [-0.2, 0) is 6.42 Å². The van der Waals surface area contributed by atoms with Crippen molar-refractivity contribution in [3.63, 3.8) is 0 Å². The lowest BCUT2D eigenvalue weighted by atomic mass is 9.98. The van der Waals surface area contributed by atoms with Gasteiger partial charge in [-0.3, -0.25) is 0 Å². The molecular formula is C16H15BrClF2N. The Labute approximate surface area is 136 Å². The third-order valence-corrected chi connectivity index (χ3v) is 3.94. The summed E-state index contributed by atoms with van der Waals surface area (Å²) in [5.41, 5.74) is 0.971. The lowest BCUT2D eigenvalue weighted by Crippen LogP contribution is -2.24. The third kappa shape index (κ3) is 4.25. The third-order valence-electron chi connectivity index (χ3n) is 3.22. The second kappa shape index (κ2) is 7.34. The molecule has 0 aliphatic rings. The zero-order valence-electron chi connectivity index (χ0n) is 11.5. The van der Waals surface area contributed by atoms with Gasteiger partial charge in [0.2, 0.25) is 0 Å². The topological polar surface area (TPSA) is 12.0 Å². The molecule has 5 heteroatoms. The van der Waals surface area contributed by atoms with Gasteiger partial charge in [-0.25, -0.2) is 8.78 Å². The fraction of sp³-hybridized carbons (Fsp3) is 0.250. The van der Waals surface area contributed by atoms with Gasteiger partial charge in [-0.05, 0) is 54.9 Å². The predicted octanol–water partition coefficient (Wildman–Crippen LogP) is 5.27. The van der Waals surface area contributed by atoms with Crippen LogP contribution in [0.25, 0.3) is 0 Å². The molecule has 1 unspecified atom stereocenters. The number of rotatable bonds is 5. The first-order valence-corrected chi connectivity index (χ1v) is 7.80. The molecule has 21 heavy (non-hydrogen) atoms. The molecule has 0 aliphatic heterocycles. The average molecular weight is 375 g/mol. The number of nitrogens with one attached hydrogen (secondary N) is 1. The van der Waals surface area contributed by atoms with E-state index in [1.54, 1.807) is 18.2 Å². The predicted molar refractivity (Wildman–Crippen MR) is 85.6 cm³/mol. The summed E-state index contributed by atoms with van der Waals surface area (Å²) >= 11 is 9.27. The van der Waals surface area contributed by atoms with Gasteiger partial charge in [-0.15, -0.1) is 0 Å². The van der Waals surface area contributed by atoms with Crippen LogP contribution in [0.2, 0.25) is 5.02 Å². The van der Waals surface area contributed by atoms with Crippen LogP contribution in [0.4, 0.5) is 8.78 Å². The molecule has 0 radical (unpaired) electrons. The molecule has 2 aromatic rings. The van der Waals surface area contributed by atoms with Crippen LogP contribution in [0.3, 0.4) is 0 Å². The van der Waals surface area contributed by atoms with Crippen LogP contribution in [-0.4, -0.2) is 6.54 Å². The fourth-order valence-electron chi connectivity index (χ4n) is 2.24. The summed E-state index contributed by atoms with van der Waals surface area (Å²) in [6, 6.07) is 8.83. The minimum Gasteiger partial charge on any atom is -0.310 e. The van der Waals surface area contributed by atoms with E-state index in [2.05, 4.69) is 21.2 Å². The molecule has 0 fully saturated rings. The first-order chi connectivity index (χ1) is 10.0. The van der Waals surface area contributed by atoms with Crippen molar-refractivity contribution in [3.05, 3.63) is 68.7 Å². The fourth-order valence-corrected chi connectivity index (χ4v) is 2.83. The Morgan fingerprint density at radius 2 is 1.86 bits per heavy atom. The van der Waals surface area contributed by atoms with Crippen LogP contribution in [0, 0.1) is 11.6 Å². The molecule has 0 saturated heterocycles. The Balaban J connectivity index is 2.35. The summed E-state index contributed by atoms with van der Waals surface area (Å²) in [6.45, 7) is 2.57. The lowest BCUT2D eigenvalue weighted by molar-refractivity contribution is 0.498. The van der Waals surface area contributed by atoms with Crippen LogP contribution in [0.15, 0.2) is 40.9 Å². The monoisotopic (exact) mass is 373 g/mol. The molecule has 0 bridgehead atoms. The van der Waals surface area contributed by atoms with Crippen molar-refractivity contribution in [3.8, 4) is 0 Å². The van der Waals surface area contributed by atoms with E-state index >= 15 is 0 Å². The zero-order valence-corrected chi connectivity index (χ0v) is 13.8. The quantitative estimate of drug-likeness (QED) is 0.751. The summed E-state index contributed by atoms with van der Waals surface area (Å²) in [4.78, 5) is 0. The molecule has 0 heterocycles. The smallest absolute Gasteiger partial charge is 0.128 e. The maximum Gasteiger partial charge on any atom is 0.128 e. The second-order valence-electron chi connectivity index (χ2n) is 4.72. The summed E-state index contributed by atoms with van der Waals surface area (Å²) < 4.78 is 28.7. The summed E-state index contributed by atoms with van der Waals surface area (Å²) in [5.74, 6) is -0.649. The summed E-state index contributed by atoms with van der Waals surface area (Å²) in [6.07, 6.45) is 0.344. The van der Waals surface area contributed by atoms with Gasteiger partial charge in [0.1, 0.15) is 11.6 Å². The Bertz CT molecular complexity index is 634. The highest BCUT2D eigenvalue weighted by Gasteiger charge is 2.18. The summed E-state index contributed by atoms with van der Waals surface area (Å²) in [5, 5.41) is 3.64. The molecule has 2 rings (SSSR count). The molecule has 0 spiro atoms. The maximum absolute atomic E-state index is 14.0. The maximum atomic E-state index is 14.0. The molecule has 0 aliphatic carbocycles. The van der Waals surface area contributed by atoms with E-state index in [1.165, 1.54) is 18.2 Å². The van der Waals surface area contributed by atoms with Crippen molar-refractivity contribution in [2.75, 3.05) is 6.54 Å². The van der Waals surface area contributed by atoms with Crippen molar-refractivity contribution in [2.45, 2.75) is 19.4 Å². The molecule has 2 aromatic carbocycles. The van der Waals surface area contributed by atoms with Gasteiger partial charge in [0, 0.05) is 21.1 Å². The van der Waals surface area contributed by atoms with E-state index in [1.807, 2.05) is 6.92 Å². The SMILES string of the molecule is CCNC(Cc1cc(Br)ccc1F)c1cc(Cl)ccc1F. The molecule has 0 saturated carbocycles. The van der Waals surface area contributed by atoms with E-state index in [-0.39, 0.29) is 17.7 Å². The first-order valence-electron chi connectivity index (χ1n) is 6.63. The van der Waals surface area contributed by atoms with E-state index in [0.29, 0.717) is 29.1 Å². The van der Waals surface area contributed by atoms with Crippen molar-refractivity contribution in [1.82, 2.24) is 5.32 Å². The second-order valence-corrected chi connectivity index (χ2v) is 6.07. The van der Waals surface area contributed by atoms with E-state index in [9.17, 15) is 8.78 Å². The molecule has 0 aromatic heterocycles. The van der Waals surface area contributed by atoms with Crippen molar-refractivity contribution < 1.29 is 8.78 Å². The van der Waals surface area contributed by atoms with Gasteiger partial charge in [0.05, 0.1) is 0 Å². The molecular weight excluding hydrogens is 360 g/mol. The van der Waals surface area contributed by atoms with Crippen LogP contribution in [0.5, 0.6) is 0 Å². The minimum atomic E-state index is -0.347. The minimum absolute atomic E-state index is 0.302. The van der Waals surface area contributed by atoms with Gasteiger partial charge in [0.15, 0.2) is 0 Å². The normalized spacial score (nSPS) is 12.4. The number of halogens is 4. The number of hydrogen-bond acceptors (Lipinski definition) is 1. The Morgan fingerprint density at radius 1 is 1.14 bits per heavy atom. The van der Waals surface area contributed by atoms with Gasteiger partial charge in [-0.1, -0.05) is 34.5 Å². The standard InChI is InChI=1S/C16H15BrClF2N/c1-2-21-16(13-9-12(18)4-6-15(13)20)8-10-7-11(17)3-5-14(10)19/h3-7,9,16,21H,2,8H2,1H3. The number of hydrogen-bond donors (Lipinski definition) is 1. The number of likely N-dealkylation sites (N-methyl/N-ethyl adjacent to an activating group) is 1. The van der Waals surface area contributed by atoms with Crippen molar-refractivity contribution in [1.29, 1.82) is 0 Å². The Morgan fingerprint density at radius 3 is 2.57 bits per heavy atom. The van der Waals surface area contributed by atoms with Gasteiger partial charge in [-0.2, -0.15) is 0 Å². The molecule has 1 atom stereocenters. The van der Waals surface area contributed by atoms with E-state index < -0.39 is 0 Å². The molecule has 112 valence electrons. The highest BCUT2D eigenvalue weighted by Crippen LogP contribution is 2.26. The van der Waals surface area contributed by atoms with E-state index in [0.717, 1.165) is 4.47 Å². The van der Waals surface area contributed by atoms with Crippen molar-refractivity contribution >= 4 is 27.5 Å². The number of benzene rings is 2. The lowest BCUT2D eigenvalue weighted by Gasteiger charge is -2.20. The molecule has 1 N–H and O–H groups in total. The Kier molecular flexibility index (Phi) is 5.73. The summed E-state index contributed by atoms with van der Waals surface area (Å²) in [7, 11) is 0. The van der Waals surface area contributed by atoms with Crippen LogP contribution in [0.1, 0.15) is 24.1 Å². The highest BCUT2D eigenvalue weighted by molar-refractivity contribution is 9.10. The van der Waals surface area contributed by atoms with Crippen LogP contribution < -0.4 is 5.32 Å². The molecule has 1 nitrogen and oxygen atoms in total. The van der Waals surface area contributed by atoms with Gasteiger partial charge >= 0.3 is 0 Å². The van der Waals surface area contributed by atoms with Gasteiger partial charge in [0.25, 0.3) is 0 Å². The van der Waals surface area contributed by atoms with Gasteiger partial charge < -0.3 is 5.32 Å². The molecule has 0 amide bonds.